The van der Waals surface area contributed by atoms with Crippen LogP contribution < -0.4 is 0 Å². The van der Waals surface area contributed by atoms with E-state index in [0.717, 1.165) is 24.0 Å². The fraction of sp³-hybridized carbons (Fsp3) is 0.417. The van der Waals surface area contributed by atoms with Crippen LogP contribution >= 0.6 is 0 Å². The number of hydrogen-bond acceptors (Lipinski definition) is 3. The maximum absolute atomic E-state index is 12.5. The first-order valence-corrected chi connectivity index (χ1v) is 9.56. The molecule has 0 amide bonds. The Morgan fingerprint density at radius 3 is 2.33 bits per heavy atom. The van der Waals surface area contributed by atoms with Gasteiger partial charge in [-0.25, -0.2) is 0 Å². The molecule has 0 bridgehead atoms. The zero-order chi connectivity index (χ0) is 20.2. The van der Waals surface area contributed by atoms with Gasteiger partial charge in [-0.05, 0) is 56.1 Å². The summed E-state index contributed by atoms with van der Waals surface area (Å²) in [5.74, 6) is -0.113. The molecule has 1 rings (SSSR count). The molecular formula is C24H32O3. The Morgan fingerprint density at radius 1 is 1.11 bits per heavy atom. The largest absolute Gasteiger partial charge is 0.396 e. The van der Waals surface area contributed by atoms with Gasteiger partial charge in [-0.2, -0.15) is 0 Å². The molecule has 0 heterocycles. The first-order valence-electron chi connectivity index (χ1n) is 9.56. The smallest absolute Gasteiger partial charge is 0.158 e. The van der Waals surface area contributed by atoms with Crippen molar-refractivity contribution in [3.63, 3.8) is 0 Å². The van der Waals surface area contributed by atoms with Gasteiger partial charge in [0, 0.05) is 18.9 Å². The highest BCUT2D eigenvalue weighted by Gasteiger charge is 2.20. The maximum Gasteiger partial charge on any atom is 0.158 e. The maximum atomic E-state index is 12.5. The normalized spacial score (nSPS) is 12.8. The fourth-order valence-electron chi connectivity index (χ4n) is 3.22. The molecule has 1 N–H and O–H groups in total. The molecule has 146 valence electrons. The van der Waals surface area contributed by atoms with Gasteiger partial charge < -0.3 is 5.11 Å². The summed E-state index contributed by atoms with van der Waals surface area (Å²) in [6.45, 7) is 13.4. The van der Waals surface area contributed by atoms with Crippen molar-refractivity contribution < 1.29 is 14.7 Å². The molecule has 0 spiro atoms. The topological polar surface area (TPSA) is 54.4 Å². The summed E-state index contributed by atoms with van der Waals surface area (Å²) in [7, 11) is 0. The standard InChI is InChI=1S/C24H32O3/c1-5-6-10-21(15-16-25)19(3)24(27)14-13-18(2)17-23(20(4)26)22-11-8-7-9-12-22/h5,7-9,11-12,21,23,25H,1-3,6,10,13-17H2,4H3/t21?,23-/m1/s1. The monoisotopic (exact) mass is 368 g/mol. The van der Waals surface area contributed by atoms with Crippen LogP contribution in [0.2, 0.25) is 0 Å². The summed E-state index contributed by atoms with van der Waals surface area (Å²) in [5.41, 5.74) is 2.45. The summed E-state index contributed by atoms with van der Waals surface area (Å²) in [6, 6.07) is 9.67. The number of carbonyl (C=O) groups excluding carboxylic acids is 2. The average Bonchev–Trinajstić information content (AvgIpc) is 2.67. The van der Waals surface area contributed by atoms with Crippen LogP contribution in [0.4, 0.5) is 0 Å². The summed E-state index contributed by atoms with van der Waals surface area (Å²) in [5, 5.41) is 9.22. The van der Waals surface area contributed by atoms with Crippen molar-refractivity contribution in [2.75, 3.05) is 6.61 Å². The van der Waals surface area contributed by atoms with Gasteiger partial charge in [0.05, 0.1) is 0 Å². The number of benzene rings is 1. The fourth-order valence-corrected chi connectivity index (χ4v) is 3.22. The molecule has 2 atom stereocenters. The van der Waals surface area contributed by atoms with Crippen molar-refractivity contribution in [2.24, 2.45) is 5.92 Å². The average molecular weight is 369 g/mol. The highest BCUT2D eigenvalue weighted by Crippen LogP contribution is 2.27. The highest BCUT2D eigenvalue weighted by atomic mass is 16.3. The Bertz CT molecular complexity index is 657. The molecule has 1 aromatic rings. The molecule has 0 saturated carbocycles. The van der Waals surface area contributed by atoms with Gasteiger partial charge in [0.1, 0.15) is 5.78 Å². The number of carbonyl (C=O) groups is 2. The van der Waals surface area contributed by atoms with Crippen molar-refractivity contribution in [2.45, 2.75) is 51.4 Å². The van der Waals surface area contributed by atoms with Crippen LogP contribution in [0.25, 0.3) is 0 Å². The minimum absolute atomic E-state index is 0.0111. The lowest BCUT2D eigenvalue weighted by Crippen LogP contribution is -2.15. The van der Waals surface area contributed by atoms with E-state index in [9.17, 15) is 14.7 Å². The Balaban J connectivity index is 2.61. The van der Waals surface area contributed by atoms with E-state index in [-0.39, 0.29) is 30.0 Å². The minimum Gasteiger partial charge on any atom is -0.396 e. The van der Waals surface area contributed by atoms with E-state index in [0.29, 0.717) is 31.3 Å². The molecule has 0 aliphatic rings. The van der Waals surface area contributed by atoms with Crippen molar-refractivity contribution in [1.29, 1.82) is 0 Å². The summed E-state index contributed by atoms with van der Waals surface area (Å²) < 4.78 is 0. The lowest BCUT2D eigenvalue weighted by atomic mass is 9.85. The molecular weight excluding hydrogens is 336 g/mol. The molecule has 0 aromatic heterocycles. The van der Waals surface area contributed by atoms with Crippen LogP contribution in [0.3, 0.4) is 0 Å². The van der Waals surface area contributed by atoms with Crippen LogP contribution in [-0.4, -0.2) is 23.3 Å². The molecule has 0 aliphatic heterocycles. The number of Topliss-reactive ketones (excluding diaryl/α,β-unsaturated/α-hetero) is 2. The SMILES string of the molecule is C=CCCC(CCO)C(=C)C(=O)CCC(=C)C[C@H](C(C)=O)c1ccccc1. The molecule has 27 heavy (non-hydrogen) atoms. The number of allylic oxidation sites excluding steroid dienone is 3. The van der Waals surface area contributed by atoms with E-state index in [1.54, 1.807) is 6.92 Å². The second-order valence-corrected chi connectivity index (χ2v) is 7.05. The molecule has 0 fully saturated rings. The first-order chi connectivity index (χ1) is 12.9. The van der Waals surface area contributed by atoms with E-state index in [1.165, 1.54) is 0 Å². The van der Waals surface area contributed by atoms with Gasteiger partial charge in [-0.15, -0.1) is 6.58 Å². The van der Waals surface area contributed by atoms with E-state index >= 15 is 0 Å². The number of ketones is 2. The third kappa shape index (κ3) is 7.88. The highest BCUT2D eigenvalue weighted by molar-refractivity contribution is 5.95. The summed E-state index contributed by atoms with van der Waals surface area (Å²) in [4.78, 5) is 24.5. The van der Waals surface area contributed by atoms with Gasteiger partial charge >= 0.3 is 0 Å². The second-order valence-electron chi connectivity index (χ2n) is 7.05. The summed E-state index contributed by atoms with van der Waals surface area (Å²) >= 11 is 0. The number of hydrogen-bond donors (Lipinski definition) is 1. The number of aliphatic hydroxyl groups excluding tert-OH is 1. The van der Waals surface area contributed by atoms with Gasteiger partial charge in [0.15, 0.2) is 5.78 Å². The van der Waals surface area contributed by atoms with E-state index in [1.807, 2.05) is 36.4 Å². The lowest BCUT2D eigenvalue weighted by molar-refractivity contribution is -0.118. The predicted octanol–water partition coefficient (Wildman–Crippen LogP) is 5.18. The third-order valence-corrected chi connectivity index (χ3v) is 4.94. The van der Waals surface area contributed by atoms with E-state index in [2.05, 4.69) is 19.7 Å². The quantitative estimate of drug-likeness (QED) is 0.364. The van der Waals surface area contributed by atoms with Crippen molar-refractivity contribution >= 4 is 11.6 Å². The molecule has 3 nitrogen and oxygen atoms in total. The van der Waals surface area contributed by atoms with Crippen molar-refractivity contribution in [3.05, 3.63) is 72.9 Å². The van der Waals surface area contributed by atoms with Crippen LogP contribution in [0.15, 0.2) is 67.3 Å². The Hall–Kier alpha value is -2.26. The number of aliphatic hydroxyl groups is 1. The van der Waals surface area contributed by atoms with Gasteiger partial charge in [-0.1, -0.05) is 55.1 Å². The van der Waals surface area contributed by atoms with Crippen LogP contribution in [0.5, 0.6) is 0 Å². The molecule has 1 unspecified atom stereocenters. The zero-order valence-corrected chi connectivity index (χ0v) is 16.5. The molecule has 3 heteroatoms. The van der Waals surface area contributed by atoms with Gasteiger partial charge in [0.25, 0.3) is 0 Å². The second kappa shape index (κ2) is 12.2. The molecule has 1 aromatic carbocycles. The van der Waals surface area contributed by atoms with E-state index < -0.39 is 0 Å². The summed E-state index contributed by atoms with van der Waals surface area (Å²) in [6.07, 6.45) is 5.36. The van der Waals surface area contributed by atoms with Crippen molar-refractivity contribution in [1.82, 2.24) is 0 Å². The van der Waals surface area contributed by atoms with Crippen molar-refractivity contribution in [3.8, 4) is 0 Å². The Morgan fingerprint density at radius 2 is 1.78 bits per heavy atom. The lowest BCUT2D eigenvalue weighted by Gasteiger charge is -2.18. The van der Waals surface area contributed by atoms with Crippen LogP contribution in [0, 0.1) is 5.92 Å². The van der Waals surface area contributed by atoms with Gasteiger partial charge in [0.2, 0.25) is 0 Å². The third-order valence-electron chi connectivity index (χ3n) is 4.94. The molecule has 0 saturated heterocycles. The van der Waals surface area contributed by atoms with Crippen LogP contribution in [-0.2, 0) is 9.59 Å². The predicted molar refractivity (Wildman–Crippen MR) is 112 cm³/mol. The zero-order valence-electron chi connectivity index (χ0n) is 16.5. The van der Waals surface area contributed by atoms with Crippen LogP contribution in [0.1, 0.15) is 56.9 Å². The molecule has 0 radical (unpaired) electrons. The first kappa shape index (κ1) is 22.8. The Labute approximate surface area is 163 Å². The van der Waals surface area contributed by atoms with Gasteiger partial charge in [-0.3, -0.25) is 9.59 Å². The number of rotatable bonds is 14. The molecule has 0 aliphatic carbocycles. The van der Waals surface area contributed by atoms with E-state index in [4.69, 9.17) is 0 Å². The Kier molecular flexibility index (Phi) is 10.3. The minimum atomic E-state index is -0.216.